The van der Waals surface area contributed by atoms with E-state index in [1.54, 1.807) is 6.20 Å². The molecule has 3 N–H and O–H groups in total. The molecule has 28 heavy (non-hydrogen) atoms. The fourth-order valence-corrected chi connectivity index (χ4v) is 3.85. The van der Waals surface area contributed by atoms with Crippen LogP contribution in [0.2, 0.25) is 0 Å². The van der Waals surface area contributed by atoms with Crippen LogP contribution < -0.4 is 11.1 Å². The summed E-state index contributed by atoms with van der Waals surface area (Å²) in [5, 5.41) is 13.4. The summed E-state index contributed by atoms with van der Waals surface area (Å²) >= 11 is 0. The standard InChI is InChI=1S/C22H21N5O/c1-12-5-3-4-6-15(12)18-9-14-10-19(25-11-17(14)21(24)26-18)27-22(28)20-13(2)16(20)7-8-23/h3-6,9-11,13,16,20H,7H2,1-2H3,(H2,24,26)(H,25,27,28)/t13-,16-,20-/m1/s1. The molecule has 0 spiro atoms. The number of rotatable bonds is 4. The van der Waals surface area contributed by atoms with Crippen LogP contribution in [-0.2, 0) is 4.79 Å². The molecular formula is C22H21N5O. The molecule has 1 fully saturated rings. The van der Waals surface area contributed by atoms with E-state index < -0.39 is 0 Å². The zero-order valence-corrected chi connectivity index (χ0v) is 15.8. The summed E-state index contributed by atoms with van der Waals surface area (Å²) in [6.45, 7) is 4.03. The summed E-state index contributed by atoms with van der Waals surface area (Å²) in [6.07, 6.45) is 2.05. The van der Waals surface area contributed by atoms with Crippen molar-refractivity contribution in [2.75, 3.05) is 11.1 Å². The summed E-state index contributed by atoms with van der Waals surface area (Å²) in [6, 6.07) is 13.9. The highest BCUT2D eigenvalue weighted by Crippen LogP contribution is 2.48. The van der Waals surface area contributed by atoms with Crippen molar-refractivity contribution in [1.82, 2.24) is 9.97 Å². The number of amides is 1. The second-order valence-electron chi connectivity index (χ2n) is 7.40. The second-order valence-corrected chi connectivity index (χ2v) is 7.40. The molecule has 2 aromatic heterocycles. The quantitative estimate of drug-likeness (QED) is 0.723. The summed E-state index contributed by atoms with van der Waals surface area (Å²) in [5.74, 6) is 1.05. The molecule has 1 aromatic carbocycles. The molecule has 1 aliphatic carbocycles. The Kier molecular flexibility index (Phi) is 4.44. The number of benzene rings is 1. The summed E-state index contributed by atoms with van der Waals surface area (Å²) in [7, 11) is 0. The van der Waals surface area contributed by atoms with Crippen LogP contribution in [0.1, 0.15) is 18.9 Å². The zero-order valence-electron chi connectivity index (χ0n) is 15.8. The van der Waals surface area contributed by atoms with Gasteiger partial charge < -0.3 is 11.1 Å². The molecule has 140 valence electrons. The molecule has 0 bridgehead atoms. The smallest absolute Gasteiger partial charge is 0.229 e. The number of carbonyl (C=O) groups excluding carboxylic acids is 1. The number of nitrogen functional groups attached to an aromatic ring is 1. The lowest BCUT2D eigenvalue weighted by molar-refractivity contribution is -0.117. The Labute approximate surface area is 163 Å². The Morgan fingerprint density at radius 3 is 2.86 bits per heavy atom. The first-order valence-electron chi connectivity index (χ1n) is 9.29. The van der Waals surface area contributed by atoms with Crippen LogP contribution in [0.15, 0.2) is 42.6 Å². The molecule has 0 aliphatic heterocycles. The first-order valence-corrected chi connectivity index (χ1v) is 9.29. The van der Waals surface area contributed by atoms with Gasteiger partial charge >= 0.3 is 0 Å². The van der Waals surface area contributed by atoms with Gasteiger partial charge in [0.1, 0.15) is 11.6 Å². The normalized spacial score (nSPS) is 20.5. The third-order valence-electron chi connectivity index (χ3n) is 5.61. The summed E-state index contributed by atoms with van der Waals surface area (Å²) in [5.41, 5.74) is 9.07. The Morgan fingerprint density at radius 1 is 1.32 bits per heavy atom. The lowest BCUT2D eigenvalue weighted by atomic mass is 10.0. The van der Waals surface area contributed by atoms with Crippen LogP contribution >= 0.6 is 0 Å². The molecule has 4 rings (SSSR count). The van der Waals surface area contributed by atoms with Crippen molar-refractivity contribution in [1.29, 1.82) is 5.26 Å². The lowest BCUT2D eigenvalue weighted by Gasteiger charge is -2.10. The van der Waals surface area contributed by atoms with Crippen molar-refractivity contribution in [3.63, 3.8) is 0 Å². The number of fused-ring (bicyclic) bond motifs is 1. The van der Waals surface area contributed by atoms with E-state index in [2.05, 4.69) is 21.4 Å². The van der Waals surface area contributed by atoms with E-state index in [1.807, 2.05) is 50.2 Å². The number of aryl methyl sites for hydroxylation is 1. The predicted octanol–water partition coefficient (Wildman–Crippen LogP) is 3.92. The van der Waals surface area contributed by atoms with Crippen LogP contribution in [0.4, 0.5) is 11.6 Å². The predicted molar refractivity (Wildman–Crippen MR) is 109 cm³/mol. The highest BCUT2D eigenvalue weighted by molar-refractivity contribution is 5.98. The van der Waals surface area contributed by atoms with Crippen LogP contribution in [-0.4, -0.2) is 15.9 Å². The molecule has 2 heterocycles. The molecule has 0 radical (unpaired) electrons. The molecule has 1 amide bonds. The SMILES string of the molecule is Cc1ccccc1-c1cc2cc(NC(=O)[C@@H]3[C@H](C)[C@H]3CC#N)ncc2c(N)n1. The minimum atomic E-state index is -0.123. The van der Waals surface area contributed by atoms with Gasteiger partial charge in [0.25, 0.3) is 0 Å². The number of nitrogens with two attached hydrogens (primary N) is 1. The van der Waals surface area contributed by atoms with E-state index >= 15 is 0 Å². The van der Waals surface area contributed by atoms with Crippen LogP contribution in [0.5, 0.6) is 0 Å². The highest BCUT2D eigenvalue weighted by Gasteiger charge is 2.51. The molecule has 1 aliphatic rings. The number of hydrogen-bond donors (Lipinski definition) is 2. The first kappa shape index (κ1) is 17.9. The molecule has 3 atom stereocenters. The van der Waals surface area contributed by atoms with E-state index in [0.717, 1.165) is 27.6 Å². The van der Waals surface area contributed by atoms with E-state index in [4.69, 9.17) is 11.0 Å². The molecule has 6 heteroatoms. The van der Waals surface area contributed by atoms with Gasteiger partial charge in [-0.15, -0.1) is 0 Å². The number of anilines is 2. The van der Waals surface area contributed by atoms with Gasteiger partial charge in [-0.05, 0) is 41.8 Å². The van der Waals surface area contributed by atoms with Gasteiger partial charge in [0.05, 0.1) is 11.8 Å². The number of nitrogens with zero attached hydrogens (tertiary/aromatic N) is 3. The van der Waals surface area contributed by atoms with Crippen molar-refractivity contribution in [3.05, 3.63) is 48.2 Å². The number of aromatic nitrogens is 2. The monoisotopic (exact) mass is 371 g/mol. The van der Waals surface area contributed by atoms with Gasteiger partial charge in [-0.1, -0.05) is 31.2 Å². The van der Waals surface area contributed by atoms with Crippen molar-refractivity contribution >= 4 is 28.3 Å². The zero-order chi connectivity index (χ0) is 19.8. The maximum Gasteiger partial charge on any atom is 0.229 e. The minimum Gasteiger partial charge on any atom is -0.383 e. The van der Waals surface area contributed by atoms with Gasteiger partial charge in [-0.25, -0.2) is 9.97 Å². The molecule has 1 saturated carbocycles. The summed E-state index contributed by atoms with van der Waals surface area (Å²) < 4.78 is 0. The average Bonchev–Trinajstić information content (AvgIpc) is 3.31. The maximum absolute atomic E-state index is 12.5. The first-order chi connectivity index (χ1) is 13.5. The van der Waals surface area contributed by atoms with E-state index in [1.165, 1.54) is 0 Å². The van der Waals surface area contributed by atoms with Crippen LogP contribution in [0.25, 0.3) is 22.0 Å². The number of nitrogens with one attached hydrogen (secondary N) is 1. The van der Waals surface area contributed by atoms with Crippen molar-refractivity contribution < 1.29 is 4.79 Å². The minimum absolute atomic E-state index is 0.0826. The van der Waals surface area contributed by atoms with Gasteiger partial charge in [0.15, 0.2) is 0 Å². The number of hydrogen-bond acceptors (Lipinski definition) is 5. The Bertz CT molecular complexity index is 1120. The van der Waals surface area contributed by atoms with Crippen molar-refractivity contribution in [3.8, 4) is 17.3 Å². The fourth-order valence-electron chi connectivity index (χ4n) is 3.85. The lowest BCUT2D eigenvalue weighted by Crippen LogP contribution is -2.16. The third kappa shape index (κ3) is 3.16. The molecule has 0 unspecified atom stereocenters. The topological polar surface area (TPSA) is 105 Å². The Hall–Kier alpha value is -3.46. The molecule has 6 nitrogen and oxygen atoms in total. The van der Waals surface area contributed by atoms with Crippen molar-refractivity contribution in [2.24, 2.45) is 17.8 Å². The highest BCUT2D eigenvalue weighted by atomic mass is 16.2. The van der Waals surface area contributed by atoms with Gasteiger partial charge in [-0.2, -0.15) is 5.26 Å². The number of carbonyl (C=O) groups is 1. The largest absolute Gasteiger partial charge is 0.383 e. The van der Waals surface area contributed by atoms with E-state index in [-0.39, 0.29) is 23.7 Å². The Balaban J connectivity index is 1.64. The maximum atomic E-state index is 12.5. The summed E-state index contributed by atoms with van der Waals surface area (Å²) in [4.78, 5) is 21.3. The van der Waals surface area contributed by atoms with Gasteiger partial charge in [0, 0.05) is 29.5 Å². The van der Waals surface area contributed by atoms with Crippen LogP contribution in [0.3, 0.4) is 0 Å². The van der Waals surface area contributed by atoms with Gasteiger partial charge in [0.2, 0.25) is 5.91 Å². The average molecular weight is 371 g/mol. The number of pyridine rings is 2. The van der Waals surface area contributed by atoms with E-state index in [0.29, 0.717) is 18.1 Å². The fraction of sp³-hybridized carbons (Fsp3) is 0.273. The number of nitriles is 1. The van der Waals surface area contributed by atoms with Gasteiger partial charge in [-0.3, -0.25) is 4.79 Å². The van der Waals surface area contributed by atoms with Crippen molar-refractivity contribution in [2.45, 2.75) is 20.3 Å². The Morgan fingerprint density at radius 2 is 2.11 bits per heavy atom. The molecule has 3 aromatic rings. The second kappa shape index (κ2) is 6.93. The molecular weight excluding hydrogens is 350 g/mol. The van der Waals surface area contributed by atoms with E-state index in [9.17, 15) is 4.79 Å². The molecule has 0 saturated heterocycles. The third-order valence-corrected chi connectivity index (χ3v) is 5.61. The van der Waals surface area contributed by atoms with Crippen LogP contribution in [0, 0.1) is 36.0 Å².